The van der Waals surface area contributed by atoms with Crippen LogP contribution in [0.2, 0.25) is 0 Å². The van der Waals surface area contributed by atoms with Crippen molar-refractivity contribution in [1.82, 2.24) is 0 Å². The van der Waals surface area contributed by atoms with Crippen molar-refractivity contribution in [2.24, 2.45) is 5.41 Å². The van der Waals surface area contributed by atoms with Crippen LogP contribution in [0.1, 0.15) is 38.5 Å². The zero-order chi connectivity index (χ0) is 7.24. The fourth-order valence-electron chi connectivity index (χ4n) is 2.15. The summed E-state index contributed by atoms with van der Waals surface area (Å²) in [7, 11) is 0. The normalized spacial score (nSPS) is 34.2. The second-order valence-corrected chi connectivity index (χ2v) is 3.72. The van der Waals surface area contributed by atoms with Crippen molar-refractivity contribution in [2.75, 3.05) is 0 Å². The van der Waals surface area contributed by atoms with Crippen LogP contribution in [0.25, 0.3) is 0 Å². The summed E-state index contributed by atoms with van der Waals surface area (Å²) in [6, 6.07) is 0. The first-order valence-corrected chi connectivity index (χ1v) is 4.04. The molecule has 0 aromatic carbocycles. The van der Waals surface area contributed by atoms with Crippen molar-refractivity contribution in [3.63, 3.8) is 0 Å². The van der Waals surface area contributed by atoms with Gasteiger partial charge >= 0.3 is 0 Å². The predicted octanol–water partition coefficient (Wildman–Crippen LogP) is 2.98. The highest BCUT2D eigenvalue weighted by atomic mass is 19.3. The Labute approximate surface area is 59.6 Å². The lowest BCUT2D eigenvalue weighted by molar-refractivity contribution is 0.0481. The zero-order valence-electron chi connectivity index (χ0n) is 6.00. The molecule has 2 saturated carbocycles. The molecule has 0 unspecified atom stereocenters. The first-order chi connectivity index (χ1) is 4.66. The van der Waals surface area contributed by atoms with Crippen molar-refractivity contribution in [3.05, 3.63) is 0 Å². The predicted molar refractivity (Wildman–Crippen MR) is 35.1 cm³/mol. The average Bonchev–Trinajstić information content (AvgIpc) is 2.36. The van der Waals surface area contributed by atoms with Crippen LogP contribution in [0.4, 0.5) is 8.78 Å². The molecule has 2 fully saturated rings. The molecule has 10 heavy (non-hydrogen) atoms. The number of hydrogen-bond donors (Lipinski definition) is 0. The molecule has 58 valence electrons. The van der Waals surface area contributed by atoms with Gasteiger partial charge in [-0.15, -0.1) is 0 Å². The molecule has 0 radical (unpaired) electrons. The fourth-order valence-corrected chi connectivity index (χ4v) is 2.15. The number of rotatable bonds is 0. The summed E-state index contributed by atoms with van der Waals surface area (Å²) < 4.78 is 25.3. The molecule has 0 aromatic rings. The summed E-state index contributed by atoms with van der Waals surface area (Å²) in [6.07, 6.45) is 4.95. The van der Waals surface area contributed by atoms with Crippen LogP contribution in [0, 0.1) is 5.41 Å². The summed E-state index contributed by atoms with van der Waals surface area (Å²) in [5.41, 5.74) is -0.509. The highest BCUT2D eigenvalue weighted by Gasteiger charge is 2.69. The van der Waals surface area contributed by atoms with E-state index in [4.69, 9.17) is 0 Å². The van der Waals surface area contributed by atoms with Gasteiger partial charge in [0.05, 0.1) is 0 Å². The van der Waals surface area contributed by atoms with Crippen molar-refractivity contribution in [3.8, 4) is 0 Å². The van der Waals surface area contributed by atoms with Crippen LogP contribution in [-0.4, -0.2) is 5.92 Å². The lowest BCUT2D eigenvalue weighted by atomic mass is 9.86. The molecule has 1 spiro atoms. The number of hydrogen-bond acceptors (Lipinski definition) is 0. The van der Waals surface area contributed by atoms with E-state index < -0.39 is 11.3 Å². The van der Waals surface area contributed by atoms with Crippen molar-refractivity contribution in [1.29, 1.82) is 0 Å². The molecule has 0 nitrogen and oxygen atoms in total. The first-order valence-electron chi connectivity index (χ1n) is 4.04. The monoisotopic (exact) mass is 146 g/mol. The first kappa shape index (κ1) is 6.56. The Morgan fingerprint density at radius 3 is 1.70 bits per heavy atom. The molecule has 0 bridgehead atoms. The van der Waals surface area contributed by atoms with Gasteiger partial charge in [0, 0.05) is 11.8 Å². The molecular formula is C8H12F2. The summed E-state index contributed by atoms with van der Waals surface area (Å²) in [4.78, 5) is 0. The van der Waals surface area contributed by atoms with Crippen LogP contribution in [0.15, 0.2) is 0 Å². The molecule has 0 atom stereocenters. The topological polar surface area (TPSA) is 0 Å². The van der Waals surface area contributed by atoms with Crippen LogP contribution in [0.5, 0.6) is 0 Å². The lowest BCUT2D eigenvalue weighted by Crippen LogP contribution is -2.14. The molecule has 0 saturated heterocycles. The minimum Gasteiger partial charge on any atom is -0.206 e. The van der Waals surface area contributed by atoms with E-state index in [1.54, 1.807) is 0 Å². The Morgan fingerprint density at radius 2 is 1.40 bits per heavy atom. The largest absolute Gasteiger partial charge is 0.254 e. The third-order valence-corrected chi connectivity index (χ3v) is 3.02. The zero-order valence-corrected chi connectivity index (χ0v) is 6.00. The molecule has 0 N–H and O–H groups in total. The van der Waals surface area contributed by atoms with Crippen molar-refractivity contribution < 1.29 is 8.78 Å². The highest BCUT2D eigenvalue weighted by molar-refractivity contribution is 5.10. The maximum Gasteiger partial charge on any atom is 0.254 e. The van der Waals surface area contributed by atoms with Crippen molar-refractivity contribution >= 4 is 0 Å². The number of halogens is 2. The Balaban J connectivity index is 2.05. The van der Waals surface area contributed by atoms with Crippen LogP contribution >= 0.6 is 0 Å². The maximum atomic E-state index is 12.7. The molecule has 2 aliphatic carbocycles. The second-order valence-electron chi connectivity index (χ2n) is 3.72. The quantitative estimate of drug-likeness (QED) is 0.493. The highest BCUT2D eigenvalue weighted by Crippen LogP contribution is 2.67. The van der Waals surface area contributed by atoms with Gasteiger partial charge in [0.1, 0.15) is 0 Å². The van der Waals surface area contributed by atoms with Gasteiger partial charge in [-0.25, -0.2) is 8.78 Å². The third-order valence-electron chi connectivity index (χ3n) is 3.02. The van der Waals surface area contributed by atoms with E-state index in [2.05, 4.69) is 0 Å². The summed E-state index contributed by atoms with van der Waals surface area (Å²) in [5.74, 6) is -2.28. The van der Waals surface area contributed by atoms with E-state index in [0.717, 1.165) is 32.1 Å². The second kappa shape index (κ2) is 1.72. The minimum atomic E-state index is -2.28. The van der Waals surface area contributed by atoms with Gasteiger partial charge in [-0.2, -0.15) is 0 Å². The van der Waals surface area contributed by atoms with Gasteiger partial charge in [0.15, 0.2) is 0 Å². The van der Waals surface area contributed by atoms with Gasteiger partial charge in [-0.3, -0.25) is 0 Å². The van der Waals surface area contributed by atoms with Gasteiger partial charge in [0.2, 0.25) is 0 Å². The lowest BCUT2D eigenvalue weighted by Gasteiger charge is -2.20. The van der Waals surface area contributed by atoms with E-state index in [0.29, 0.717) is 0 Å². The van der Waals surface area contributed by atoms with Crippen LogP contribution in [-0.2, 0) is 0 Å². The molecular weight excluding hydrogens is 134 g/mol. The summed E-state index contributed by atoms with van der Waals surface area (Å²) in [5, 5.41) is 0. The van der Waals surface area contributed by atoms with Gasteiger partial charge < -0.3 is 0 Å². The van der Waals surface area contributed by atoms with Crippen LogP contribution in [0.3, 0.4) is 0 Å². The summed E-state index contributed by atoms with van der Waals surface area (Å²) >= 11 is 0. The standard InChI is InChI=1S/C8H12F2/c9-8(10)6-7(8)4-2-1-3-5-7/h1-6H2. The third kappa shape index (κ3) is 0.708. The van der Waals surface area contributed by atoms with E-state index in [1.165, 1.54) is 0 Å². The Hall–Kier alpha value is -0.140. The minimum absolute atomic E-state index is 0.181. The Kier molecular flexibility index (Phi) is 1.13. The Morgan fingerprint density at radius 1 is 0.900 bits per heavy atom. The van der Waals surface area contributed by atoms with Crippen LogP contribution < -0.4 is 0 Å². The SMILES string of the molecule is FC1(F)CC12CCCCC2. The molecule has 0 aromatic heterocycles. The van der Waals surface area contributed by atoms with Gasteiger partial charge in [-0.1, -0.05) is 19.3 Å². The van der Waals surface area contributed by atoms with E-state index in [-0.39, 0.29) is 6.42 Å². The van der Waals surface area contributed by atoms with E-state index in [1.807, 2.05) is 0 Å². The van der Waals surface area contributed by atoms with E-state index >= 15 is 0 Å². The van der Waals surface area contributed by atoms with Crippen molar-refractivity contribution in [2.45, 2.75) is 44.4 Å². The molecule has 2 aliphatic rings. The smallest absolute Gasteiger partial charge is 0.206 e. The van der Waals surface area contributed by atoms with Gasteiger partial charge in [0.25, 0.3) is 5.92 Å². The summed E-state index contributed by atoms with van der Waals surface area (Å²) in [6.45, 7) is 0. The molecule has 2 heteroatoms. The molecule has 0 amide bonds. The maximum absolute atomic E-state index is 12.7. The van der Waals surface area contributed by atoms with E-state index in [9.17, 15) is 8.78 Å². The average molecular weight is 146 g/mol. The molecule has 0 heterocycles. The Bertz CT molecular complexity index is 145. The fraction of sp³-hybridized carbons (Fsp3) is 1.00. The molecule has 0 aliphatic heterocycles. The number of alkyl halides is 2. The molecule has 2 rings (SSSR count). The van der Waals surface area contributed by atoms with Gasteiger partial charge in [-0.05, 0) is 12.8 Å².